The Hall–Kier alpha value is -2.21. The molecule has 1 aromatic carbocycles. The van der Waals surface area contributed by atoms with Crippen molar-refractivity contribution < 1.29 is 19.4 Å². The number of allylic oxidation sites excluding steroid dienone is 2. The SMILES string of the molecule is COc1c2c(cc3c1C(C/C(CCC=C(C)C)=N/O)N(C)CC3)OCO2. The van der Waals surface area contributed by atoms with E-state index in [1.807, 2.05) is 0 Å². The topological polar surface area (TPSA) is 63.5 Å². The summed E-state index contributed by atoms with van der Waals surface area (Å²) in [4.78, 5) is 2.29. The number of ether oxygens (including phenoxy) is 3. The first-order valence-corrected chi connectivity index (χ1v) is 9.08. The van der Waals surface area contributed by atoms with Gasteiger partial charge < -0.3 is 19.4 Å². The Morgan fingerprint density at radius 3 is 2.92 bits per heavy atom. The molecule has 1 N–H and O–H groups in total. The van der Waals surface area contributed by atoms with Crippen LogP contribution < -0.4 is 14.2 Å². The van der Waals surface area contributed by atoms with Gasteiger partial charge in [0, 0.05) is 24.6 Å². The average Bonchev–Trinajstić information content (AvgIpc) is 3.08. The minimum absolute atomic E-state index is 0.0841. The molecule has 26 heavy (non-hydrogen) atoms. The fraction of sp³-hybridized carbons (Fsp3) is 0.550. The maximum absolute atomic E-state index is 9.51. The first kappa shape index (κ1) is 18.6. The third-order valence-electron chi connectivity index (χ3n) is 5.10. The normalized spacial score (nSPS) is 19.2. The van der Waals surface area contributed by atoms with Gasteiger partial charge in [0.05, 0.1) is 12.8 Å². The van der Waals surface area contributed by atoms with Gasteiger partial charge in [-0.2, -0.15) is 0 Å². The number of oxime groups is 1. The van der Waals surface area contributed by atoms with E-state index in [1.165, 1.54) is 11.1 Å². The first-order chi connectivity index (χ1) is 12.5. The van der Waals surface area contributed by atoms with E-state index in [2.05, 4.69) is 43.1 Å². The molecule has 0 saturated carbocycles. The molecule has 1 aromatic rings. The average molecular weight is 360 g/mol. The predicted octanol–water partition coefficient (Wildman–Crippen LogP) is 3.92. The molecular formula is C20H28N2O4. The van der Waals surface area contributed by atoms with Crippen molar-refractivity contribution in [2.45, 2.75) is 45.6 Å². The standard InChI is InChI=1S/C20H28N2O4/c1-13(2)6-5-7-15(21-23)11-16-18-14(8-9-22(16)3)10-17-19(20(18)24-4)26-12-25-17/h6,10,16,23H,5,7-9,11-12H2,1-4H3/b21-15+. The first-order valence-electron chi connectivity index (χ1n) is 9.08. The van der Waals surface area contributed by atoms with E-state index >= 15 is 0 Å². The summed E-state index contributed by atoms with van der Waals surface area (Å²) in [7, 11) is 3.77. The van der Waals surface area contributed by atoms with Crippen molar-refractivity contribution in [3.63, 3.8) is 0 Å². The van der Waals surface area contributed by atoms with Crippen LogP contribution in [0.4, 0.5) is 0 Å². The van der Waals surface area contributed by atoms with Crippen molar-refractivity contribution >= 4 is 5.71 Å². The van der Waals surface area contributed by atoms with Gasteiger partial charge in [-0.25, -0.2) is 0 Å². The lowest BCUT2D eigenvalue weighted by molar-refractivity contribution is 0.170. The third-order valence-corrected chi connectivity index (χ3v) is 5.10. The zero-order chi connectivity index (χ0) is 18.7. The predicted molar refractivity (Wildman–Crippen MR) is 101 cm³/mol. The van der Waals surface area contributed by atoms with Crippen LogP contribution in [0.1, 0.15) is 50.3 Å². The van der Waals surface area contributed by atoms with Crippen LogP contribution in [0.5, 0.6) is 17.2 Å². The highest BCUT2D eigenvalue weighted by molar-refractivity contribution is 5.85. The van der Waals surface area contributed by atoms with Crippen LogP contribution in [0.2, 0.25) is 0 Å². The molecule has 0 fully saturated rings. The smallest absolute Gasteiger partial charge is 0.231 e. The van der Waals surface area contributed by atoms with Gasteiger partial charge in [0.15, 0.2) is 11.5 Å². The quantitative estimate of drug-likeness (QED) is 0.360. The van der Waals surface area contributed by atoms with Gasteiger partial charge >= 0.3 is 0 Å². The summed E-state index contributed by atoms with van der Waals surface area (Å²) in [6.45, 7) is 5.32. The Bertz CT molecular complexity index is 723. The number of nitrogens with zero attached hydrogens (tertiary/aromatic N) is 2. The highest BCUT2D eigenvalue weighted by atomic mass is 16.7. The van der Waals surface area contributed by atoms with Crippen LogP contribution in [0, 0.1) is 0 Å². The second kappa shape index (κ2) is 7.99. The summed E-state index contributed by atoms with van der Waals surface area (Å²) in [5.74, 6) is 2.18. The van der Waals surface area contributed by atoms with Gasteiger partial charge in [0.2, 0.25) is 12.5 Å². The van der Waals surface area contributed by atoms with E-state index in [0.29, 0.717) is 12.2 Å². The van der Waals surface area contributed by atoms with E-state index in [-0.39, 0.29) is 12.8 Å². The summed E-state index contributed by atoms with van der Waals surface area (Å²) < 4.78 is 16.9. The summed E-state index contributed by atoms with van der Waals surface area (Å²) in [6.07, 6.45) is 5.38. The van der Waals surface area contributed by atoms with Crippen LogP contribution in [0.25, 0.3) is 0 Å². The maximum Gasteiger partial charge on any atom is 0.231 e. The second-order valence-corrected chi connectivity index (χ2v) is 7.15. The summed E-state index contributed by atoms with van der Waals surface area (Å²) in [5.41, 5.74) is 4.41. The van der Waals surface area contributed by atoms with E-state index < -0.39 is 0 Å². The zero-order valence-corrected chi connectivity index (χ0v) is 16.0. The summed E-state index contributed by atoms with van der Waals surface area (Å²) in [5, 5.41) is 13.1. The van der Waals surface area contributed by atoms with Gasteiger partial charge in [-0.15, -0.1) is 0 Å². The minimum Gasteiger partial charge on any atom is -0.492 e. The Kier molecular flexibility index (Phi) is 5.71. The highest BCUT2D eigenvalue weighted by Gasteiger charge is 2.34. The number of fused-ring (bicyclic) bond motifs is 2. The van der Waals surface area contributed by atoms with Crippen molar-refractivity contribution in [1.29, 1.82) is 0 Å². The molecule has 6 heteroatoms. The number of rotatable bonds is 6. The fourth-order valence-electron chi connectivity index (χ4n) is 3.73. The Labute approximate surface area is 155 Å². The molecule has 3 rings (SSSR count). The van der Waals surface area contributed by atoms with E-state index in [1.54, 1.807) is 7.11 Å². The molecular weight excluding hydrogens is 332 g/mol. The van der Waals surface area contributed by atoms with Gasteiger partial charge in [0.1, 0.15) is 0 Å². The van der Waals surface area contributed by atoms with Gasteiger partial charge in [-0.1, -0.05) is 16.8 Å². The summed E-state index contributed by atoms with van der Waals surface area (Å²) in [6, 6.07) is 2.15. The molecule has 0 radical (unpaired) electrons. The Balaban J connectivity index is 1.90. The molecule has 1 unspecified atom stereocenters. The number of hydrogen-bond acceptors (Lipinski definition) is 6. The molecule has 0 bridgehead atoms. The maximum atomic E-state index is 9.51. The molecule has 2 aliphatic heterocycles. The monoisotopic (exact) mass is 360 g/mol. The number of likely N-dealkylation sites (N-methyl/N-ethyl adjacent to an activating group) is 1. The lowest BCUT2D eigenvalue weighted by Gasteiger charge is -2.36. The van der Waals surface area contributed by atoms with Crippen molar-refractivity contribution in [2.75, 3.05) is 27.5 Å². The minimum atomic E-state index is 0.0841. The molecule has 142 valence electrons. The van der Waals surface area contributed by atoms with Crippen LogP contribution >= 0.6 is 0 Å². The van der Waals surface area contributed by atoms with Crippen LogP contribution in [-0.4, -0.2) is 43.3 Å². The molecule has 6 nitrogen and oxygen atoms in total. The van der Waals surface area contributed by atoms with Crippen molar-refractivity contribution in [3.05, 3.63) is 28.8 Å². The number of hydrogen-bond donors (Lipinski definition) is 1. The highest BCUT2D eigenvalue weighted by Crippen LogP contribution is 2.50. The van der Waals surface area contributed by atoms with Crippen LogP contribution in [0.15, 0.2) is 22.9 Å². The van der Waals surface area contributed by atoms with Gasteiger partial charge in [-0.05, 0) is 51.8 Å². The molecule has 1 atom stereocenters. The van der Waals surface area contributed by atoms with E-state index in [4.69, 9.17) is 14.2 Å². The summed E-state index contributed by atoms with van der Waals surface area (Å²) >= 11 is 0. The molecule has 0 aliphatic carbocycles. The molecule has 0 amide bonds. The van der Waals surface area contributed by atoms with E-state index in [0.717, 1.165) is 48.6 Å². The third kappa shape index (κ3) is 3.65. The molecule has 0 aromatic heterocycles. The van der Waals surface area contributed by atoms with Crippen LogP contribution in [-0.2, 0) is 6.42 Å². The number of benzene rings is 1. The zero-order valence-electron chi connectivity index (χ0n) is 16.0. The van der Waals surface area contributed by atoms with Crippen molar-refractivity contribution in [1.82, 2.24) is 4.90 Å². The molecule has 0 saturated heterocycles. The van der Waals surface area contributed by atoms with Crippen LogP contribution in [0.3, 0.4) is 0 Å². The Morgan fingerprint density at radius 2 is 2.23 bits per heavy atom. The Morgan fingerprint density at radius 1 is 1.42 bits per heavy atom. The van der Waals surface area contributed by atoms with Crippen molar-refractivity contribution in [3.8, 4) is 17.2 Å². The lowest BCUT2D eigenvalue weighted by Crippen LogP contribution is -2.34. The molecule has 2 aliphatic rings. The largest absolute Gasteiger partial charge is 0.492 e. The van der Waals surface area contributed by atoms with E-state index in [9.17, 15) is 5.21 Å². The van der Waals surface area contributed by atoms with Gasteiger partial charge in [0.25, 0.3) is 0 Å². The molecule has 2 heterocycles. The van der Waals surface area contributed by atoms with Gasteiger partial charge in [-0.3, -0.25) is 4.90 Å². The molecule has 0 spiro atoms. The van der Waals surface area contributed by atoms with Crippen molar-refractivity contribution in [2.24, 2.45) is 5.16 Å². The lowest BCUT2D eigenvalue weighted by atomic mass is 9.87. The fourth-order valence-corrected chi connectivity index (χ4v) is 3.73. The second-order valence-electron chi connectivity index (χ2n) is 7.15. The number of methoxy groups -OCH3 is 1.